The fourth-order valence-corrected chi connectivity index (χ4v) is 3.84. The molecule has 0 saturated carbocycles. The number of ether oxygens (including phenoxy) is 2. The number of esters is 1. The molecule has 2 aromatic rings. The Kier molecular flexibility index (Phi) is 5.59. The molecule has 0 bridgehead atoms. The molecule has 3 rings (SSSR count). The highest BCUT2D eigenvalue weighted by Crippen LogP contribution is 2.46. The van der Waals surface area contributed by atoms with E-state index in [1.54, 1.807) is 0 Å². The molecule has 2 aromatic carbocycles. The number of sulfone groups is 1. The number of rotatable bonds is 5. The summed E-state index contributed by atoms with van der Waals surface area (Å²) in [4.78, 5) is 12.3. The normalized spacial score (nSPS) is 19.5. The first-order valence-corrected chi connectivity index (χ1v) is 10.6. The summed E-state index contributed by atoms with van der Waals surface area (Å²) in [7, 11) is -3.59. The number of halogens is 5. The molecule has 0 amide bonds. The SMILES string of the molecule is C[C@@]1(CC(F)(F)F)OC(=O)C(Oc2ccc(F)c(F)c2)=C1c1ccc(S(C)(=O)=O)cc1. The predicted octanol–water partition coefficient (Wildman–Crippen LogP) is 4.43. The maximum atomic E-state index is 13.5. The van der Waals surface area contributed by atoms with Gasteiger partial charge < -0.3 is 9.47 Å². The summed E-state index contributed by atoms with van der Waals surface area (Å²) >= 11 is 0. The lowest BCUT2D eigenvalue weighted by molar-refractivity contribution is -0.176. The number of carbonyl (C=O) groups excluding carboxylic acids is 1. The van der Waals surface area contributed by atoms with Crippen LogP contribution in [0, 0.1) is 11.6 Å². The van der Waals surface area contributed by atoms with Crippen molar-refractivity contribution in [2.24, 2.45) is 0 Å². The number of hydrogen-bond acceptors (Lipinski definition) is 5. The van der Waals surface area contributed by atoms with Crippen molar-refractivity contribution in [3.05, 3.63) is 65.4 Å². The largest absolute Gasteiger partial charge is 0.449 e. The van der Waals surface area contributed by atoms with Crippen molar-refractivity contribution in [2.75, 3.05) is 6.26 Å². The second-order valence-corrected chi connectivity index (χ2v) is 9.11. The zero-order valence-corrected chi connectivity index (χ0v) is 16.9. The Bertz CT molecular complexity index is 1170. The van der Waals surface area contributed by atoms with Crippen LogP contribution in [0.1, 0.15) is 18.9 Å². The Morgan fingerprint density at radius 1 is 1.03 bits per heavy atom. The minimum absolute atomic E-state index is 0.0302. The second kappa shape index (κ2) is 7.63. The van der Waals surface area contributed by atoms with Crippen LogP contribution in [-0.4, -0.2) is 32.4 Å². The minimum Gasteiger partial charge on any atom is -0.449 e. The number of benzene rings is 2. The van der Waals surface area contributed by atoms with Crippen molar-refractivity contribution < 1.29 is 44.6 Å². The summed E-state index contributed by atoms with van der Waals surface area (Å²) < 4.78 is 99.9. The average Bonchev–Trinajstić information content (AvgIpc) is 2.85. The molecule has 0 fully saturated rings. The van der Waals surface area contributed by atoms with Crippen LogP contribution in [0.3, 0.4) is 0 Å². The summed E-state index contributed by atoms with van der Waals surface area (Å²) in [6.07, 6.45) is -5.33. The van der Waals surface area contributed by atoms with Gasteiger partial charge in [-0.05, 0) is 36.8 Å². The third-order valence-corrected chi connectivity index (χ3v) is 5.61. The van der Waals surface area contributed by atoms with Gasteiger partial charge in [-0.3, -0.25) is 0 Å². The third kappa shape index (κ3) is 4.87. The van der Waals surface area contributed by atoms with Gasteiger partial charge >= 0.3 is 12.1 Å². The average molecular weight is 462 g/mol. The first-order valence-electron chi connectivity index (χ1n) is 8.68. The molecule has 0 radical (unpaired) electrons. The summed E-state index contributed by atoms with van der Waals surface area (Å²) in [5, 5.41) is 0. The fourth-order valence-electron chi connectivity index (χ4n) is 3.21. The maximum absolute atomic E-state index is 13.5. The van der Waals surface area contributed by atoms with Gasteiger partial charge in [0.2, 0.25) is 5.76 Å². The third-order valence-electron chi connectivity index (χ3n) is 4.48. The molecule has 31 heavy (non-hydrogen) atoms. The van der Waals surface area contributed by atoms with Crippen LogP contribution in [0.5, 0.6) is 5.75 Å². The molecule has 0 spiro atoms. The van der Waals surface area contributed by atoms with Crippen LogP contribution in [0.4, 0.5) is 22.0 Å². The van der Waals surface area contributed by atoms with Crippen molar-refractivity contribution in [2.45, 2.75) is 30.0 Å². The standard InChI is InChI=1S/C20H15F5O5S/c1-19(10-20(23,24)25)16(11-3-6-13(7-4-11)31(2,27)28)17(18(26)30-19)29-12-5-8-14(21)15(22)9-12/h3-9H,10H2,1-2H3/t19-/m0/s1. The van der Waals surface area contributed by atoms with Crippen LogP contribution in [-0.2, 0) is 19.4 Å². The lowest BCUT2D eigenvalue weighted by Gasteiger charge is -2.27. The lowest BCUT2D eigenvalue weighted by Crippen LogP contribution is -2.33. The van der Waals surface area contributed by atoms with E-state index in [2.05, 4.69) is 0 Å². The molecule has 11 heteroatoms. The molecule has 0 unspecified atom stereocenters. The number of carbonyl (C=O) groups is 1. The van der Waals surface area contributed by atoms with E-state index in [0.29, 0.717) is 6.07 Å². The Morgan fingerprint density at radius 2 is 1.65 bits per heavy atom. The Labute approximate surface area is 174 Å². The van der Waals surface area contributed by atoms with Crippen molar-refractivity contribution in [1.82, 2.24) is 0 Å². The highest BCUT2D eigenvalue weighted by atomic mass is 32.2. The zero-order chi connectivity index (χ0) is 23.2. The highest BCUT2D eigenvalue weighted by molar-refractivity contribution is 7.90. The molecular weight excluding hydrogens is 447 g/mol. The molecule has 1 heterocycles. The van der Waals surface area contributed by atoms with E-state index < -0.39 is 51.4 Å². The zero-order valence-electron chi connectivity index (χ0n) is 16.1. The van der Waals surface area contributed by atoms with E-state index in [1.165, 1.54) is 12.1 Å². The summed E-state index contributed by atoms with van der Waals surface area (Å²) in [5.41, 5.74) is -2.47. The van der Waals surface area contributed by atoms with Gasteiger partial charge in [0.05, 0.1) is 16.9 Å². The Hall–Kier alpha value is -2.95. The summed E-state index contributed by atoms with van der Waals surface area (Å²) in [6, 6.07) is 7.06. The number of hydrogen-bond donors (Lipinski definition) is 0. The summed E-state index contributed by atoms with van der Waals surface area (Å²) in [6.45, 7) is 1.03. The van der Waals surface area contributed by atoms with Crippen molar-refractivity contribution in [3.63, 3.8) is 0 Å². The molecule has 1 atom stereocenters. The quantitative estimate of drug-likeness (QED) is 0.486. The van der Waals surface area contributed by atoms with Crippen LogP contribution in [0.2, 0.25) is 0 Å². The van der Waals surface area contributed by atoms with E-state index in [4.69, 9.17) is 9.47 Å². The monoisotopic (exact) mass is 462 g/mol. The smallest absolute Gasteiger partial charge is 0.393 e. The second-order valence-electron chi connectivity index (χ2n) is 7.09. The van der Waals surface area contributed by atoms with E-state index in [-0.39, 0.29) is 21.8 Å². The van der Waals surface area contributed by atoms with Gasteiger partial charge in [0, 0.05) is 12.3 Å². The van der Waals surface area contributed by atoms with Gasteiger partial charge in [-0.2, -0.15) is 13.2 Å². The molecule has 0 aliphatic carbocycles. The van der Waals surface area contributed by atoms with Crippen LogP contribution < -0.4 is 4.74 Å². The Balaban J connectivity index is 2.16. The minimum atomic E-state index is -4.73. The molecule has 1 aliphatic rings. The molecule has 5 nitrogen and oxygen atoms in total. The topological polar surface area (TPSA) is 69.7 Å². The number of cyclic esters (lactones) is 1. The van der Waals surface area contributed by atoms with E-state index in [0.717, 1.165) is 37.4 Å². The predicted molar refractivity (Wildman–Crippen MR) is 98.6 cm³/mol. The Morgan fingerprint density at radius 3 is 2.16 bits per heavy atom. The van der Waals surface area contributed by atoms with Crippen LogP contribution >= 0.6 is 0 Å². The van der Waals surface area contributed by atoms with Gasteiger partial charge in [0.1, 0.15) is 11.4 Å². The first-order chi connectivity index (χ1) is 14.2. The fraction of sp³-hybridized carbons (Fsp3) is 0.250. The van der Waals surface area contributed by atoms with Gasteiger partial charge in [-0.25, -0.2) is 22.0 Å². The van der Waals surface area contributed by atoms with Crippen molar-refractivity contribution in [3.8, 4) is 5.75 Å². The van der Waals surface area contributed by atoms with Gasteiger partial charge in [-0.1, -0.05) is 12.1 Å². The molecular formula is C20H15F5O5S. The van der Waals surface area contributed by atoms with Gasteiger partial charge in [0.15, 0.2) is 21.5 Å². The molecule has 0 aromatic heterocycles. The molecule has 0 N–H and O–H groups in total. The number of alkyl halides is 3. The van der Waals surface area contributed by atoms with Crippen molar-refractivity contribution >= 4 is 21.4 Å². The van der Waals surface area contributed by atoms with Crippen molar-refractivity contribution in [1.29, 1.82) is 0 Å². The van der Waals surface area contributed by atoms with E-state index in [1.807, 2.05) is 0 Å². The summed E-state index contributed by atoms with van der Waals surface area (Å²) in [5.74, 6) is -4.70. The van der Waals surface area contributed by atoms with Gasteiger partial charge in [-0.15, -0.1) is 0 Å². The molecule has 166 valence electrons. The van der Waals surface area contributed by atoms with Gasteiger partial charge in [0.25, 0.3) is 0 Å². The lowest BCUT2D eigenvalue weighted by atomic mass is 9.87. The molecule has 0 saturated heterocycles. The van der Waals surface area contributed by atoms with E-state index in [9.17, 15) is 35.2 Å². The first kappa shape index (κ1) is 22.7. The van der Waals surface area contributed by atoms with E-state index >= 15 is 0 Å². The van der Waals surface area contributed by atoms with Crippen LogP contribution in [0.15, 0.2) is 53.1 Å². The molecule has 1 aliphatic heterocycles. The highest BCUT2D eigenvalue weighted by Gasteiger charge is 2.52. The maximum Gasteiger partial charge on any atom is 0.393 e. The van der Waals surface area contributed by atoms with Crippen LogP contribution in [0.25, 0.3) is 5.57 Å².